The zero-order valence-corrected chi connectivity index (χ0v) is 16.9. The number of nitrogens with zero attached hydrogens (tertiary/aromatic N) is 4. The zero-order valence-electron chi connectivity index (χ0n) is 16.9. The third kappa shape index (κ3) is 3.29. The van der Waals surface area contributed by atoms with Gasteiger partial charge in [0.05, 0.1) is 17.0 Å². The van der Waals surface area contributed by atoms with Crippen molar-refractivity contribution in [2.45, 2.75) is 13.0 Å². The predicted octanol–water partition coefficient (Wildman–Crippen LogP) is 2.07. The second-order valence-corrected chi connectivity index (χ2v) is 7.90. The minimum atomic E-state index is -0.184. The molecule has 0 saturated carbocycles. The Labute approximate surface area is 174 Å². The molecule has 0 aliphatic carbocycles. The number of aromatic amines is 1. The summed E-state index contributed by atoms with van der Waals surface area (Å²) in [5.41, 5.74) is 4.06. The molecule has 1 aromatic carbocycles. The summed E-state index contributed by atoms with van der Waals surface area (Å²) < 4.78 is 2.09. The molecule has 0 unspecified atom stereocenters. The first kappa shape index (κ1) is 18.6. The second kappa shape index (κ2) is 7.46. The lowest BCUT2D eigenvalue weighted by atomic mass is 10.1. The number of aryl methyl sites for hydroxylation is 1. The minimum absolute atomic E-state index is 0.0728. The van der Waals surface area contributed by atoms with Crippen LogP contribution in [0.3, 0.4) is 0 Å². The van der Waals surface area contributed by atoms with Crippen molar-refractivity contribution in [1.29, 1.82) is 0 Å². The van der Waals surface area contributed by atoms with Gasteiger partial charge in [-0.15, -0.1) is 0 Å². The molecule has 1 saturated heterocycles. The molecule has 4 heterocycles. The first-order valence-corrected chi connectivity index (χ1v) is 10.2. The Kier molecular flexibility index (Phi) is 4.63. The Morgan fingerprint density at radius 3 is 2.57 bits per heavy atom. The Hall–Kier alpha value is -3.39. The lowest BCUT2D eigenvalue weighted by molar-refractivity contribution is 0.0664. The van der Waals surface area contributed by atoms with E-state index >= 15 is 0 Å². The van der Waals surface area contributed by atoms with Crippen molar-refractivity contribution in [1.82, 2.24) is 24.6 Å². The van der Waals surface area contributed by atoms with Gasteiger partial charge in [0.1, 0.15) is 0 Å². The Morgan fingerprint density at radius 2 is 1.80 bits per heavy atom. The maximum atomic E-state index is 13.0. The standard InChI is InChI=1S/C22H24N6O2/c1-26-9-11-27(12-10-26)22(30)16-13-18-19-17(7-8-28(18)14-16)20(25-24-19)23-21(29)15-5-3-2-4-6-15/h2-6,13-14H,7-12H2,1H3,(H2,23,24,25,29). The molecule has 30 heavy (non-hydrogen) atoms. The van der Waals surface area contributed by atoms with Crippen LogP contribution in [0.5, 0.6) is 0 Å². The molecule has 0 atom stereocenters. The van der Waals surface area contributed by atoms with Crippen LogP contribution in [0, 0.1) is 0 Å². The van der Waals surface area contributed by atoms with E-state index in [0.29, 0.717) is 16.9 Å². The molecule has 8 nitrogen and oxygen atoms in total. The van der Waals surface area contributed by atoms with Gasteiger partial charge in [0.2, 0.25) is 0 Å². The van der Waals surface area contributed by atoms with Crippen molar-refractivity contribution in [3.05, 3.63) is 59.3 Å². The average Bonchev–Trinajstić information content (AvgIpc) is 3.38. The lowest BCUT2D eigenvalue weighted by Gasteiger charge is -2.32. The SMILES string of the molecule is CN1CCN(C(=O)c2cc3n(c2)CCc2c(NC(=O)c4ccccc4)n[nH]c2-3)CC1. The summed E-state index contributed by atoms with van der Waals surface area (Å²) in [4.78, 5) is 29.6. The van der Waals surface area contributed by atoms with Crippen LogP contribution in [-0.2, 0) is 13.0 Å². The first-order chi connectivity index (χ1) is 14.6. The normalized spacial score (nSPS) is 16.1. The van der Waals surface area contributed by atoms with Crippen molar-refractivity contribution in [2.75, 3.05) is 38.5 Å². The fraction of sp³-hybridized carbons (Fsp3) is 0.318. The molecule has 0 spiro atoms. The number of aromatic nitrogens is 3. The highest BCUT2D eigenvalue weighted by atomic mass is 16.2. The third-order valence-corrected chi connectivity index (χ3v) is 5.93. The van der Waals surface area contributed by atoms with Gasteiger partial charge in [-0.3, -0.25) is 14.7 Å². The van der Waals surface area contributed by atoms with Crippen LogP contribution < -0.4 is 5.32 Å². The number of carbonyl (C=O) groups excluding carboxylic acids is 2. The minimum Gasteiger partial charge on any atom is -0.345 e. The highest BCUT2D eigenvalue weighted by Gasteiger charge is 2.27. The van der Waals surface area contributed by atoms with E-state index in [1.165, 1.54) is 0 Å². The second-order valence-electron chi connectivity index (χ2n) is 7.90. The maximum absolute atomic E-state index is 13.0. The van der Waals surface area contributed by atoms with Crippen LogP contribution in [0.2, 0.25) is 0 Å². The van der Waals surface area contributed by atoms with Gasteiger partial charge in [0, 0.05) is 50.0 Å². The number of H-pyrrole nitrogens is 1. The van der Waals surface area contributed by atoms with Crippen molar-refractivity contribution < 1.29 is 9.59 Å². The monoisotopic (exact) mass is 404 g/mol. The number of piperazine rings is 1. The third-order valence-electron chi connectivity index (χ3n) is 5.93. The number of hydrogen-bond acceptors (Lipinski definition) is 4. The van der Waals surface area contributed by atoms with Gasteiger partial charge in [-0.1, -0.05) is 18.2 Å². The van der Waals surface area contributed by atoms with E-state index in [1.54, 1.807) is 12.1 Å². The van der Waals surface area contributed by atoms with Crippen LogP contribution in [0.4, 0.5) is 5.82 Å². The highest BCUT2D eigenvalue weighted by molar-refractivity contribution is 6.04. The lowest BCUT2D eigenvalue weighted by Crippen LogP contribution is -2.47. The molecule has 5 rings (SSSR count). The van der Waals surface area contributed by atoms with Gasteiger partial charge < -0.3 is 19.7 Å². The van der Waals surface area contributed by atoms with E-state index in [-0.39, 0.29) is 11.8 Å². The summed E-state index contributed by atoms with van der Waals surface area (Å²) in [5.74, 6) is 0.443. The number of anilines is 1. The van der Waals surface area contributed by atoms with Gasteiger partial charge in [-0.25, -0.2) is 0 Å². The van der Waals surface area contributed by atoms with Crippen LogP contribution in [0.15, 0.2) is 42.6 Å². The van der Waals surface area contributed by atoms with Crippen molar-refractivity contribution in [2.24, 2.45) is 0 Å². The Bertz CT molecular complexity index is 1090. The number of nitrogens with one attached hydrogen (secondary N) is 2. The summed E-state index contributed by atoms with van der Waals surface area (Å²) in [6, 6.07) is 11.0. The summed E-state index contributed by atoms with van der Waals surface area (Å²) in [6.07, 6.45) is 2.67. The van der Waals surface area contributed by atoms with Gasteiger partial charge in [-0.2, -0.15) is 5.10 Å². The maximum Gasteiger partial charge on any atom is 0.256 e. The topological polar surface area (TPSA) is 86.3 Å². The van der Waals surface area contributed by atoms with E-state index in [0.717, 1.165) is 56.1 Å². The molecular formula is C22H24N6O2. The highest BCUT2D eigenvalue weighted by Crippen LogP contribution is 2.33. The van der Waals surface area contributed by atoms with Crippen LogP contribution >= 0.6 is 0 Å². The van der Waals surface area contributed by atoms with Gasteiger partial charge in [0.15, 0.2) is 5.82 Å². The Morgan fingerprint density at radius 1 is 1.03 bits per heavy atom. The Balaban J connectivity index is 1.38. The number of rotatable bonds is 3. The fourth-order valence-corrected chi connectivity index (χ4v) is 4.14. The van der Waals surface area contributed by atoms with Gasteiger partial charge in [0.25, 0.3) is 11.8 Å². The van der Waals surface area contributed by atoms with Crippen LogP contribution in [0.25, 0.3) is 11.4 Å². The quantitative estimate of drug-likeness (QED) is 0.700. The molecule has 8 heteroatoms. The number of carbonyl (C=O) groups is 2. The molecule has 0 bridgehead atoms. The van der Waals surface area contributed by atoms with Gasteiger partial charge >= 0.3 is 0 Å². The van der Waals surface area contributed by atoms with Crippen LogP contribution in [0.1, 0.15) is 26.3 Å². The molecule has 154 valence electrons. The molecular weight excluding hydrogens is 380 g/mol. The van der Waals surface area contributed by atoms with E-state index in [9.17, 15) is 9.59 Å². The van der Waals surface area contributed by atoms with E-state index in [2.05, 4.69) is 32.0 Å². The van der Waals surface area contributed by atoms with Crippen molar-refractivity contribution in [3.63, 3.8) is 0 Å². The number of hydrogen-bond donors (Lipinski definition) is 2. The predicted molar refractivity (Wildman–Crippen MR) is 114 cm³/mol. The van der Waals surface area contributed by atoms with Crippen molar-refractivity contribution >= 4 is 17.6 Å². The number of amides is 2. The molecule has 2 amide bonds. The number of benzene rings is 1. The van der Waals surface area contributed by atoms with E-state index < -0.39 is 0 Å². The van der Waals surface area contributed by atoms with Crippen molar-refractivity contribution in [3.8, 4) is 11.4 Å². The number of likely N-dealkylation sites (N-methyl/N-ethyl adjacent to an activating group) is 1. The summed E-state index contributed by atoms with van der Waals surface area (Å²) in [7, 11) is 2.08. The zero-order chi connectivity index (χ0) is 20.7. The molecule has 2 aliphatic heterocycles. The molecule has 3 aromatic rings. The van der Waals surface area contributed by atoms with Gasteiger partial charge in [-0.05, 0) is 31.7 Å². The molecule has 2 N–H and O–H groups in total. The molecule has 2 aromatic heterocycles. The fourth-order valence-electron chi connectivity index (χ4n) is 4.14. The molecule has 0 radical (unpaired) electrons. The molecule has 2 aliphatic rings. The van der Waals surface area contributed by atoms with E-state index in [1.807, 2.05) is 35.4 Å². The summed E-state index contributed by atoms with van der Waals surface area (Å²) in [6.45, 7) is 4.04. The average molecular weight is 404 g/mol. The molecule has 1 fully saturated rings. The number of fused-ring (bicyclic) bond motifs is 3. The summed E-state index contributed by atoms with van der Waals surface area (Å²) in [5, 5.41) is 10.3. The van der Waals surface area contributed by atoms with E-state index in [4.69, 9.17) is 0 Å². The smallest absolute Gasteiger partial charge is 0.256 e. The summed E-state index contributed by atoms with van der Waals surface area (Å²) >= 11 is 0. The van der Waals surface area contributed by atoms with Crippen LogP contribution in [-0.4, -0.2) is 69.6 Å². The first-order valence-electron chi connectivity index (χ1n) is 10.2. The largest absolute Gasteiger partial charge is 0.345 e.